The number of carbonyl (C=O) groups excluding carboxylic acids is 1. The molecule has 0 amide bonds. The van der Waals surface area contributed by atoms with E-state index < -0.39 is 0 Å². The van der Waals surface area contributed by atoms with Crippen molar-refractivity contribution in [3.8, 4) is 0 Å². The molecule has 0 saturated carbocycles. The molecule has 0 aromatic rings. The lowest BCUT2D eigenvalue weighted by atomic mass is 10.3. The van der Waals surface area contributed by atoms with Crippen LogP contribution in [0.2, 0.25) is 0 Å². The molecule has 0 aliphatic heterocycles. The first kappa shape index (κ1) is 5.67. The molecular weight excluding hydrogens is 76.1 g/mol. The minimum absolute atomic E-state index is 0.324. The molecule has 0 N–H and O–H groups in total. The molecule has 1 nitrogen and oxygen atoms in total. The topological polar surface area (TPSA) is 11.3 Å². The summed E-state index contributed by atoms with van der Waals surface area (Å²) >= 11 is 0. The maximum Gasteiger partial charge on any atom is 0.274 e. The van der Waals surface area contributed by atoms with E-state index in [9.17, 15) is 0 Å². The van der Waals surface area contributed by atoms with Gasteiger partial charge in [0.05, 0.1) is 0 Å². The summed E-state index contributed by atoms with van der Waals surface area (Å²) in [5.74, 6) is 0. The highest BCUT2D eigenvalue weighted by molar-refractivity contribution is 5.12. The molecule has 36 valence electrons. The molecule has 0 fully saturated rings. The van der Waals surface area contributed by atoms with Crippen LogP contribution in [-0.2, 0) is 4.42 Å². The van der Waals surface area contributed by atoms with Crippen LogP contribution in [0.25, 0.3) is 0 Å². The number of rotatable bonds is 2. The van der Waals surface area contributed by atoms with Gasteiger partial charge in [-0.2, -0.15) is 0 Å². The van der Waals surface area contributed by atoms with Gasteiger partial charge in [0.2, 0.25) is 0 Å². The van der Waals surface area contributed by atoms with Crippen LogP contribution in [0.3, 0.4) is 0 Å². The Morgan fingerprint density at radius 1 is 1.83 bits per heavy atom. The highest BCUT2D eigenvalue weighted by Crippen LogP contribution is 1.85. The van der Waals surface area contributed by atoms with E-state index in [1.807, 2.05) is 6.92 Å². The van der Waals surface area contributed by atoms with E-state index in [2.05, 4.69) is 18.1 Å². The first-order valence-corrected chi connectivity index (χ1v) is 2.22. The summed E-state index contributed by atoms with van der Waals surface area (Å²) in [5, 5.41) is 0. The number of hydrogen-bond acceptors (Lipinski definition) is 0. The normalized spacial score (nSPS) is 13.7. The van der Waals surface area contributed by atoms with Crippen molar-refractivity contribution >= 4 is 6.79 Å². The molecule has 0 spiro atoms. The van der Waals surface area contributed by atoms with Gasteiger partial charge in [0.25, 0.3) is 12.9 Å². The standard InChI is InChI=1S/C5H11O/c1-4-5(2)6-3/h5H,3-4H2,1-2H3/q+1. The van der Waals surface area contributed by atoms with E-state index >= 15 is 0 Å². The van der Waals surface area contributed by atoms with Gasteiger partial charge in [-0.1, -0.05) is 6.92 Å². The molecule has 0 heterocycles. The predicted octanol–water partition coefficient (Wildman–Crippen LogP) is 1.15. The van der Waals surface area contributed by atoms with Crippen molar-refractivity contribution in [2.45, 2.75) is 26.4 Å². The van der Waals surface area contributed by atoms with Crippen molar-refractivity contribution in [3.05, 3.63) is 0 Å². The van der Waals surface area contributed by atoms with Crippen LogP contribution in [0.1, 0.15) is 20.3 Å². The zero-order chi connectivity index (χ0) is 4.99. The fourth-order valence-electron chi connectivity index (χ4n) is 0.118. The summed E-state index contributed by atoms with van der Waals surface area (Å²) in [7, 11) is 0. The minimum Gasteiger partial charge on any atom is -0.268 e. The Labute approximate surface area is 38.7 Å². The summed E-state index contributed by atoms with van der Waals surface area (Å²) in [6.45, 7) is 7.31. The van der Waals surface area contributed by atoms with Gasteiger partial charge in [-0.15, -0.1) is 0 Å². The lowest BCUT2D eigenvalue weighted by Crippen LogP contribution is -1.96. The zero-order valence-corrected chi connectivity index (χ0v) is 4.40. The SMILES string of the molecule is C=[O+]C(C)CC. The molecule has 0 aliphatic carbocycles. The van der Waals surface area contributed by atoms with Crippen molar-refractivity contribution in [3.63, 3.8) is 0 Å². The zero-order valence-electron chi connectivity index (χ0n) is 4.40. The molecule has 1 atom stereocenters. The lowest BCUT2D eigenvalue weighted by Gasteiger charge is -1.82. The van der Waals surface area contributed by atoms with Crippen LogP contribution in [0.4, 0.5) is 0 Å². The lowest BCUT2D eigenvalue weighted by molar-refractivity contribution is -0.489. The van der Waals surface area contributed by atoms with Gasteiger partial charge in [0, 0.05) is 13.3 Å². The van der Waals surface area contributed by atoms with E-state index in [1.165, 1.54) is 0 Å². The second-order valence-corrected chi connectivity index (χ2v) is 1.39. The van der Waals surface area contributed by atoms with E-state index in [1.54, 1.807) is 0 Å². The van der Waals surface area contributed by atoms with Crippen LogP contribution in [0.15, 0.2) is 0 Å². The van der Waals surface area contributed by atoms with Crippen molar-refractivity contribution in [1.82, 2.24) is 0 Å². The first-order valence-electron chi connectivity index (χ1n) is 2.22. The average molecular weight is 87.1 g/mol. The van der Waals surface area contributed by atoms with Gasteiger partial charge in [0.1, 0.15) is 0 Å². The van der Waals surface area contributed by atoms with Crippen molar-refractivity contribution in [2.24, 2.45) is 0 Å². The first-order chi connectivity index (χ1) is 2.81. The van der Waals surface area contributed by atoms with Crippen LogP contribution in [0, 0.1) is 0 Å². The molecule has 0 aromatic heterocycles. The van der Waals surface area contributed by atoms with E-state index in [0.29, 0.717) is 6.10 Å². The van der Waals surface area contributed by atoms with Crippen molar-refractivity contribution in [2.75, 3.05) is 0 Å². The molecule has 0 aliphatic rings. The smallest absolute Gasteiger partial charge is 0.268 e. The Hall–Kier alpha value is -0.330. The van der Waals surface area contributed by atoms with Gasteiger partial charge in [-0.25, -0.2) is 0 Å². The Morgan fingerprint density at radius 3 is 2.33 bits per heavy atom. The Balaban J connectivity index is 2.96. The van der Waals surface area contributed by atoms with Crippen LogP contribution >= 0.6 is 0 Å². The second-order valence-electron chi connectivity index (χ2n) is 1.39. The molecule has 0 bridgehead atoms. The third kappa shape index (κ3) is 1.94. The third-order valence-corrected chi connectivity index (χ3v) is 0.859. The molecule has 0 saturated heterocycles. The third-order valence-electron chi connectivity index (χ3n) is 0.859. The predicted molar refractivity (Wildman–Crippen MR) is 26.9 cm³/mol. The average Bonchev–Trinajstić information content (AvgIpc) is 1.65. The quantitative estimate of drug-likeness (QED) is 0.448. The highest BCUT2D eigenvalue weighted by atomic mass is 16.4. The van der Waals surface area contributed by atoms with E-state index in [0.717, 1.165) is 6.42 Å². The van der Waals surface area contributed by atoms with Gasteiger partial charge in [0.15, 0.2) is 0 Å². The Bertz CT molecular complexity index is 41.2. The van der Waals surface area contributed by atoms with Gasteiger partial charge in [-0.05, 0) is 0 Å². The Morgan fingerprint density at radius 2 is 2.33 bits per heavy atom. The largest absolute Gasteiger partial charge is 0.274 e. The monoisotopic (exact) mass is 87.1 g/mol. The molecule has 1 heteroatoms. The minimum atomic E-state index is 0.324. The van der Waals surface area contributed by atoms with Crippen LogP contribution < -0.4 is 0 Å². The van der Waals surface area contributed by atoms with Gasteiger partial charge >= 0.3 is 0 Å². The van der Waals surface area contributed by atoms with Crippen molar-refractivity contribution in [1.29, 1.82) is 0 Å². The molecule has 6 heavy (non-hydrogen) atoms. The fraction of sp³-hybridized carbons (Fsp3) is 0.800. The highest BCUT2D eigenvalue weighted by Gasteiger charge is 1.98. The molecule has 0 radical (unpaired) electrons. The summed E-state index contributed by atoms with van der Waals surface area (Å²) in [6.07, 6.45) is 1.37. The summed E-state index contributed by atoms with van der Waals surface area (Å²) in [5.41, 5.74) is 0. The van der Waals surface area contributed by atoms with Gasteiger partial charge < -0.3 is 0 Å². The summed E-state index contributed by atoms with van der Waals surface area (Å²) in [6, 6.07) is 0. The molecule has 0 rings (SSSR count). The van der Waals surface area contributed by atoms with E-state index in [4.69, 9.17) is 0 Å². The van der Waals surface area contributed by atoms with E-state index in [-0.39, 0.29) is 0 Å². The maximum absolute atomic E-state index is 4.65. The number of hydrogen-bond donors (Lipinski definition) is 0. The van der Waals surface area contributed by atoms with Crippen LogP contribution in [-0.4, -0.2) is 12.9 Å². The molecular formula is C5H11O+. The van der Waals surface area contributed by atoms with Crippen LogP contribution in [0.5, 0.6) is 0 Å². The summed E-state index contributed by atoms with van der Waals surface area (Å²) in [4.78, 5) is 0. The maximum atomic E-state index is 4.65. The van der Waals surface area contributed by atoms with Gasteiger partial charge in [-0.3, -0.25) is 4.42 Å². The second kappa shape index (κ2) is 2.88. The summed E-state index contributed by atoms with van der Waals surface area (Å²) < 4.78 is 4.65. The molecule has 1 unspecified atom stereocenters. The van der Waals surface area contributed by atoms with Crippen molar-refractivity contribution < 1.29 is 4.42 Å². The molecule has 0 aromatic carbocycles. The fourth-order valence-corrected chi connectivity index (χ4v) is 0.118. The Kier molecular flexibility index (Phi) is 2.73.